The van der Waals surface area contributed by atoms with Crippen molar-refractivity contribution < 1.29 is 28.5 Å². The van der Waals surface area contributed by atoms with Crippen molar-refractivity contribution in [3.8, 4) is 44.1 Å². The molecule has 19 nitrogen and oxygen atoms in total. The minimum atomic E-state index is -0.0634. The molecule has 0 saturated carbocycles. The van der Waals surface area contributed by atoms with E-state index in [-0.39, 0.29) is 36.9 Å². The van der Waals surface area contributed by atoms with Crippen molar-refractivity contribution in [2.24, 2.45) is 0 Å². The van der Waals surface area contributed by atoms with Gasteiger partial charge in [0.2, 0.25) is 11.9 Å². The first-order valence-corrected chi connectivity index (χ1v) is 23.8. The third kappa shape index (κ3) is 11.1. The fourth-order valence-corrected chi connectivity index (χ4v) is 9.57. The van der Waals surface area contributed by atoms with E-state index in [0.29, 0.717) is 91.5 Å². The number of thiazole rings is 2. The van der Waals surface area contributed by atoms with Gasteiger partial charge in [-0.15, -0.1) is 0 Å². The summed E-state index contributed by atoms with van der Waals surface area (Å²) in [6, 6.07) is 25.6. The van der Waals surface area contributed by atoms with Gasteiger partial charge < -0.3 is 50.0 Å². The lowest BCUT2D eigenvalue weighted by Crippen LogP contribution is -2.50. The molecule has 2 aliphatic rings. The van der Waals surface area contributed by atoms with Crippen LogP contribution in [0.25, 0.3) is 41.8 Å². The number of piperazine rings is 2. The number of carbonyl (C=O) groups is 2. The molecule has 2 fully saturated rings. The number of nitrogen functional groups attached to an aromatic ring is 2. The van der Waals surface area contributed by atoms with Gasteiger partial charge in [-0.1, -0.05) is 46.4 Å². The van der Waals surface area contributed by atoms with Gasteiger partial charge in [0.25, 0.3) is 11.8 Å². The third-order valence-electron chi connectivity index (χ3n) is 11.2. The molecule has 0 spiro atoms. The molecule has 0 atom stereocenters. The lowest BCUT2D eigenvalue weighted by Gasteiger charge is -2.35. The molecule has 354 valence electrons. The molecule has 2 aliphatic heterocycles. The number of amides is 2. The molecule has 10 rings (SSSR count). The van der Waals surface area contributed by atoms with Crippen molar-refractivity contribution in [3.05, 3.63) is 102 Å². The fourth-order valence-electron chi connectivity index (χ4n) is 7.57. The van der Waals surface area contributed by atoms with Crippen LogP contribution in [-0.4, -0.2) is 136 Å². The molecule has 2 saturated heterocycles. The highest BCUT2D eigenvalue weighted by atomic mass is 35.5. The van der Waals surface area contributed by atoms with Gasteiger partial charge in [0.1, 0.15) is 44.0 Å². The van der Waals surface area contributed by atoms with Crippen LogP contribution in [0.2, 0.25) is 5.02 Å². The SMILES string of the molecule is COc1ccc(OCC(=O)N2CCN(c3nc(N)nc4sc(-c5ccc(Cl)cc5)nc34)CC2)cc1.COc1ccc(OCC(=O)N2CCN(c3nc(N)nc4sc(-c5cccnc5)nc34)CC2)cc1. The Balaban J connectivity index is 0.000000172. The van der Waals surface area contributed by atoms with E-state index < -0.39 is 0 Å². The van der Waals surface area contributed by atoms with E-state index in [1.54, 1.807) is 84.9 Å². The van der Waals surface area contributed by atoms with Gasteiger partial charge in [-0.2, -0.15) is 9.97 Å². The van der Waals surface area contributed by atoms with Gasteiger partial charge in [-0.3, -0.25) is 14.6 Å². The maximum atomic E-state index is 12.7. The number of methoxy groups -OCH3 is 2. The van der Waals surface area contributed by atoms with Crippen LogP contribution in [0.4, 0.5) is 23.5 Å². The molecule has 2 amide bonds. The number of hydrogen-bond donors (Lipinski definition) is 2. The van der Waals surface area contributed by atoms with E-state index in [1.807, 2.05) is 36.4 Å². The summed E-state index contributed by atoms with van der Waals surface area (Å²) in [5.74, 6) is 4.38. The van der Waals surface area contributed by atoms with Crippen molar-refractivity contribution in [1.29, 1.82) is 0 Å². The van der Waals surface area contributed by atoms with Gasteiger partial charge in [0.05, 0.1) is 14.2 Å². The lowest BCUT2D eigenvalue weighted by atomic mass is 10.2. The summed E-state index contributed by atoms with van der Waals surface area (Å²) >= 11 is 8.94. The number of hydrogen-bond acceptors (Lipinski definition) is 19. The van der Waals surface area contributed by atoms with Crippen molar-refractivity contribution >= 4 is 90.3 Å². The Hall–Kier alpha value is -7.62. The molecule has 0 aliphatic carbocycles. The van der Waals surface area contributed by atoms with Crippen LogP contribution >= 0.6 is 34.3 Å². The van der Waals surface area contributed by atoms with Crippen molar-refractivity contribution in [3.63, 3.8) is 0 Å². The minimum absolute atomic E-state index is 0.0163. The second-order valence-electron chi connectivity index (χ2n) is 15.6. The van der Waals surface area contributed by atoms with Crippen LogP contribution in [0.1, 0.15) is 0 Å². The lowest BCUT2D eigenvalue weighted by molar-refractivity contribution is -0.134. The number of nitrogens with zero attached hydrogens (tertiary/aromatic N) is 11. The van der Waals surface area contributed by atoms with E-state index in [4.69, 9.17) is 52.0 Å². The number of ether oxygens (including phenoxy) is 4. The predicted octanol–water partition coefficient (Wildman–Crippen LogP) is 6.19. The zero-order valence-corrected chi connectivity index (χ0v) is 39.9. The molecule has 22 heteroatoms. The Kier molecular flexibility index (Phi) is 14.2. The maximum absolute atomic E-state index is 12.7. The third-order valence-corrected chi connectivity index (χ3v) is 13.5. The average Bonchev–Trinajstić information content (AvgIpc) is 4.03. The molecule has 0 bridgehead atoms. The molecule has 7 heterocycles. The highest BCUT2D eigenvalue weighted by molar-refractivity contribution is 7.21. The summed E-state index contributed by atoms with van der Waals surface area (Å²) in [4.78, 5) is 66.0. The monoisotopic (exact) mass is 987 g/mol. The quantitative estimate of drug-likeness (QED) is 0.139. The maximum Gasteiger partial charge on any atom is 0.260 e. The molecule has 3 aromatic carbocycles. The van der Waals surface area contributed by atoms with Crippen molar-refractivity contribution in [2.45, 2.75) is 0 Å². The van der Waals surface area contributed by atoms with Gasteiger partial charge in [0.15, 0.2) is 34.5 Å². The highest BCUT2D eigenvalue weighted by Gasteiger charge is 2.27. The molecular weight excluding hydrogens is 942 g/mol. The van der Waals surface area contributed by atoms with E-state index in [0.717, 1.165) is 42.3 Å². The fraction of sp³-hybridized carbons (Fsp3) is 0.255. The van der Waals surface area contributed by atoms with Gasteiger partial charge in [0, 0.05) is 80.9 Å². The van der Waals surface area contributed by atoms with E-state index >= 15 is 0 Å². The number of fused-ring (bicyclic) bond motifs is 2. The van der Waals surface area contributed by atoms with Crippen LogP contribution in [0.15, 0.2) is 97.3 Å². The normalized spacial score (nSPS) is 13.8. The molecule has 0 unspecified atom stereocenters. The number of halogens is 1. The Bertz CT molecular complexity index is 3040. The first-order valence-electron chi connectivity index (χ1n) is 21.7. The smallest absolute Gasteiger partial charge is 0.260 e. The van der Waals surface area contributed by atoms with Crippen molar-refractivity contribution in [2.75, 3.05) is 101 Å². The zero-order chi connectivity index (χ0) is 47.9. The molecular formula is C47H46ClN13O6S2. The average molecular weight is 989 g/mol. The summed E-state index contributed by atoms with van der Waals surface area (Å²) in [5.41, 5.74) is 15.3. The zero-order valence-electron chi connectivity index (χ0n) is 37.5. The van der Waals surface area contributed by atoms with Crippen LogP contribution in [0, 0.1) is 0 Å². The number of pyridine rings is 1. The standard InChI is InChI=1S/C24H23ClN6O3S.C23H23N7O3S/c1-33-17-6-8-18(9-7-17)34-14-19(32)30-10-12-31(13-11-30)21-20-23(29-24(26)28-21)35-22(27-20)15-2-4-16(25)5-3-15;1-32-16-4-6-17(7-5-16)33-14-18(31)29-9-11-30(12-10-29)20-19-22(28-23(24)27-20)34-21(26-19)15-3-2-8-25-13-15/h2-9H,10-14H2,1H3,(H2,26,28,29);2-8,13H,9-12,14H2,1H3,(H2,24,27,28). The van der Waals surface area contributed by atoms with Crippen LogP contribution in [0.5, 0.6) is 23.0 Å². The topological polar surface area (TPSA) is 226 Å². The Morgan fingerprint density at radius 2 is 1.00 bits per heavy atom. The Morgan fingerprint density at radius 1 is 0.565 bits per heavy atom. The first kappa shape index (κ1) is 46.5. The van der Waals surface area contributed by atoms with Gasteiger partial charge in [-0.25, -0.2) is 19.9 Å². The van der Waals surface area contributed by atoms with Gasteiger partial charge in [-0.05, 0) is 72.8 Å². The summed E-state index contributed by atoms with van der Waals surface area (Å²) in [7, 11) is 3.21. The summed E-state index contributed by atoms with van der Waals surface area (Å²) in [6.45, 7) is 4.59. The molecule has 4 N–H and O–H groups in total. The van der Waals surface area contributed by atoms with E-state index in [9.17, 15) is 9.59 Å². The minimum Gasteiger partial charge on any atom is -0.497 e. The number of nitrogens with two attached hydrogens (primary N) is 2. The number of aromatic nitrogens is 7. The summed E-state index contributed by atoms with van der Waals surface area (Å²) in [6.07, 6.45) is 3.50. The first-order chi connectivity index (χ1) is 33.6. The molecule has 5 aromatic heterocycles. The second-order valence-corrected chi connectivity index (χ2v) is 18.0. The largest absolute Gasteiger partial charge is 0.497 e. The summed E-state index contributed by atoms with van der Waals surface area (Å²) in [5, 5.41) is 2.30. The predicted molar refractivity (Wildman–Crippen MR) is 267 cm³/mol. The van der Waals surface area contributed by atoms with E-state index in [2.05, 4.69) is 34.7 Å². The summed E-state index contributed by atoms with van der Waals surface area (Å²) < 4.78 is 21.6. The molecule has 69 heavy (non-hydrogen) atoms. The van der Waals surface area contributed by atoms with Crippen LogP contribution in [0.3, 0.4) is 0 Å². The number of rotatable bonds is 12. The van der Waals surface area contributed by atoms with Gasteiger partial charge >= 0.3 is 0 Å². The molecule has 8 aromatic rings. The van der Waals surface area contributed by atoms with E-state index in [1.165, 1.54) is 22.7 Å². The number of carbonyl (C=O) groups excluding carboxylic acids is 2. The van der Waals surface area contributed by atoms with Crippen LogP contribution < -0.4 is 40.2 Å². The number of anilines is 4. The van der Waals surface area contributed by atoms with Crippen LogP contribution in [-0.2, 0) is 9.59 Å². The molecule has 0 radical (unpaired) electrons. The van der Waals surface area contributed by atoms with Crippen molar-refractivity contribution in [1.82, 2.24) is 44.7 Å². The second kappa shape index (κ2) is 21.1. The Labute approximate surface area is 409 Å². The highest BCUT2D eigenvalue weighted by Crippen LogP contribution is 2.36. The Morgan fingerprint density at radius 3 is 1.42 bits per heavy atom. The number of benzene rings is 3.